The van der Waals surface area contributed by atoms with Crippen LogP contribution in [0.25, 0.3) is 0 Å². The van der Waals surface area contributed by atoms with E-state index >= 15 is 0 Å². The Morgan fingerprint density at radius 2 is 1.88 bits per heavy atom. The average molecular weight is 249 g/mol. The first-order valence-corrected chi connectivity index (χ1v) is 7.88. The van der Waals surface area contributed by atoms with Crippen LogP contribution in [0.5, 0.6) is 0 Å². The SMILES string of the molecule is CCOC(=O)NCCC[Si](CC)(OC)OC. The molecule has 0 atom stereocenters. The largest absolute Gasteiger partial charge is 0.450 e. The molecule has 0 aromatic heterocycles. The van der Waals surface area contributed by atoms with E-state index in [9.17, 15) is 4.79 Å². The van der Waals surface area contributed by atoms with E-state index in [2.05, 4.69) is 12.2 Å². The summed E-state index contributed by atoms with van der Waals surface area (Å²) >= 11 is 0. The first kappa shape index (κ1) is 15.4. The number of nitrogens with one attached hydrogen (secondary N) is 1. The van der Waals surface area contributed by atoms with Crippen molar-refractivity contribution in [2.24, 2.45) is 0 Å². The molecule has 1 N–H and O–H groups in total. The Kier molecular flexibility index (Phi) is 8.23. The molecule has 0 saturated carbocycles. The fourth-order valence-electron chi connectivity index (χ4n) is 1.48. The molecule has 0 fully saturated rings. The molecule has 1 amide bonds. The number of hydrogen-bond donors (Lipinski definition) is 1. The van der Waals surface area contributed by atoms with Crippen LogP contribution in [0.2, 0.25) is 12.1 Å². The van der Waals surface area contributed by atoms with E-state index in [1.165, 1.54) is 0 Å². The predicted molar refractivity (Wildman–Crippen MR) is 64.7 cm³/mol. The molecule has 16 heavy (non-hydrogen) atoms. The lowest BCUT2D eigenvalue weighted by Crippen LogP contribution is -2.40. The summed E-state index contributed by atoms with van der Waals surface area (Å²) in [4.78, 5) is 11.0. The second kappa shape index (κ2) is 8.55. The maximum atomic E-state index is 11.0. The van der Waals surface area contributed by atoms with Crippen LogP contribution in [0.3, 0.4) is 0 Å². The van der Waals surface area contributed by atoms with Crippen LogP contribution in [-0.2, 0) is 13.6 Å². The van der Waals surface area contributed by atoms with Gasteiger partial charge in [-0.05, 0) is 25.4 Å². The highest BCUT2D eigenvalue weighted by molar-refractivity contribution is 6.67. The smallest absolute Gasteiger partial charge is 0.407 e. The molecule has 0 heterocycles. The maximum absolute atomic E-state index is 11.0. The Labute approximate surface area is 98.7 Å². The third-order valence-corrected chi connectivity index (χ3v) is 6.24. The molecule has 0 spiro atoms. The normalized spacial score (nSPS) is 11.2. The van der Waals surface area contributed by atoms with Gasteiger partial charge in [0.2, 0.25) is 0 Å². The lowest BCUT2D eigenvalue weighted by atomic mass is 10.5. The topological polar surface area (TPSA) is 56.8 Å². The van der Waals surface area contributed by atoms with Gasteiger partial charge in [-0.3, -0.25) is 0 Å². The van der Waals surface area contributed by atoms with Gasteiger partial charge in [-0.2, -0.15) is 0 Å². The van der Waals surface area contributed by atoms with E-state index in [0.29, 0.717) is 13.2 Å². The summed E-state index contributed by atoms with van der Waals surface area (Å²) in [6.45, 7) is 4.85. The summed E-state index contributed by atoms with van der Waals surface area (Å²) in [6, 6.07) is 1.79. The number of carbonyl (C=O) groups excluding carboxylic acids is 1. The zero-order valence-electron chi connectivity index (χ0n) is 10.7. The van der Waals surface area contributed by atoms with Crippen molar-refractivity contribution < 1.29 is 18.4 Å². The van der Waals surface area contributed by atoms with E-state index in [-0.39, 0.29) is 6.09 Å². The van der Waals surface area contributed by atoms with Crippen molar-refractivity contribution in [3.8, 4) is 0 Å². The van der Waals surface area contributed by atoms with Crippen LogP contribution >= 0.6 is 0 Å². The highest BCUT2D eigenvalue weighted by Crippen LogP contribution is 2.18. The molecule has 0 rings (SSSR count). The molecule has 0 saturated heterocycles. The van der Waals surface area contributed by atoms with Gasteiger partial charge in [0, 0.05) is 20.8 Å². The molecule has 0 aliphatic heterocycles. The van der Waals surface area contributed by atoms with Gasteiger partial charge in [-0.25, -0.2) is 4.79 Å². The summed E-state index contributed by atoms with van der Waals surface area (Å²) in [6.07, 6.45) is 0.488. The van der Waals surface area contributed by atoms with Crippen LogP contribution in [0.4, 0.5) is 4.79 Å². The molecule has 0 bridgehead atoms. The van der Waals surface area contributed by atoms with Gasteiger partial charge in [0.25, 0.3) is 0 Å². The van der Waals surface area contributed by atoms with Crippen LogP contribution < -0.4 is 5.32 Å². The Hall–Kier alpha value is -0.593. The Morgan fingerprint density at radius 3 is 2.31 bits per heavy atom. The van der Waals surface area contributed by atoms with Gasteiger partial charge >= 0.3 is 14.7 Å². The Balaban J connectivity index is 3.74. The van der Waals surface area contributed by atoms with E-state index in [1.807, 2.05) is 0 Å². The summed E-state index contributed by atoms with van der Waals surface area (Å²) in [5.74, 6) is 0. The molecule has 0 aliphatic carbocycles. The summed E-state index contributed by atoms with van der Waals surface area (Å²) < 4.78 is 15.7. The number of rotatable bonds is 8. The van der Waals surface area contributed by atoms with E-state index in [0.717, 1.165) is 18.5 Å². The maximum Gasteiger partial charge on any atom is 0.407 e. The second-order valence-corrected chi connectivity index (χ2v) is 7.27. The van der Waals surface area contributed by atoms with Crippen LogP contribution in [0.1, 0.15) is 20.3 Å². The van der Waals surface area contributed by atoms with E-state index in [4.69, 9.17) is 13.6 Å². The minimum Gasteiger partial charge on any atom is -0.450 e. The zero-order chi connectivity index (χ0) is 12.4. The van der Waals surface area contributed by atoms with Crippen LogP contribution in [0.15, 0.2) is 0 Å². The zero-order valence-corrected chi connectivity index (χ0v) is 11.7. The molecule has 0 aromatic rings. The highest BCUT2D eigenvalue weighted by atomic mass is 28.4. The third kappa shape index (κ3) is 5.48. The molecule has 0 aromatic carbocycles. The van der Waals surface area contributed by atoms with Crippen LogP contribution in [-0.4, -0.2) is 42.0 Å². The predicted octanol–water partition coefficient (Wildman–Crippen LogP) is 1.88. The van der Waals surface area contributed by atoms with Crippen molar-refractivity contribution in [1.82, 2.24) is 5.32 Å². The molecule has 0 radical (unpaired) electrons. The van der Waals surface area contributed by atoms with Gasteiger partial charge < -0.3 is 18.9 Å². The number of hydrogen-bond acceptors (Lipinski definition) is 4. The van der Waals surface area contributed by atoms with Crippen LogP contribution in [0, 0.1) is 0 Å². The first-order chi connectivity index (χ1) is 7.64. The highest BCUT2D eigenvalue weighted by Gasteiger charge is 2.32. The lowest BCUT2D eigenvalue weighted by Gasteiger charge is -2.25. The molecule has 5 nitrogen and oxygen atoms in total. The number of carbonyl (C=O) groups is 1. The summed E-state index contributed by atoms with van der Waals surface area (Å²) in [5.41, 5.74) is 0. The molecule has 6 heteroatoms. The van der Waals surface area contributed by atoms with Gasteiger partial charge in [0.1, 0.15) is 0 Å². The fourth-order valence-corrected chi connectivity index (χ4v) is 3.70. The molecule has 0 aliphatic rings. The van der Waals surface area contributed by atoms with Crippen molar-refractivity contribution in [2.45, 2.75) is 32.4 Å². The van der Waals surface area contributed by atoms with E-state index < -0.39 is 8.56 Å². The van der Waals surface area contributed by atoms with Gasteiger partial charge in [0.15, 0.2) is 0 Å². The summed E-state index contributed by atoms with van der Waals surface area (Å²) in [7, 11) is 1.38. The number of alkyl carbamates (subject to hydrolysis) is 1. The molecular formula is C10H23NO4Si. The molecule has 0 unspecified atom stereocenters. The van der Waals surface area contributed by atoms with Crippen molar-refractivity contribution in [2.75, 3.05) is 27.4 Å². The molecular weight excluding hydrogens is 226 g/mol. The standard InChI is InChI=1S/C10H23NO4Si/c1-5-15-10(12)11-8-7-9-16(6-2,13-3)14-4/h5-9H2,1-4H3,(H,11,12). The second-order valence-electron chi connectivity index (χ2n) is 3.42. The van der Waals surface area contributed by atoms with Gasteiger partial charge in [-0.1, -0.05) is 6.92 Å². The average Bonchev–Trinajstić information content (AvgIpc) is 2.31. The molecule has 96 valence electrons. The fraction of sp³-hybridized carbons (Fsp3) is 0.900. The third-order valence-electron chi connectivity index (χ3n) is 2.56. The lowest BCUT2D eigenvalue weighted by molar-refractivity contribution is 0.152. The van der Waals surface area contributed by atoms with Gasteiger partial charge in [0.05, 0.1) is 6.61 Å². The minimum absolute atomic E-state index is 0.360. The number of amides is 1. The Bertz CT molecular complexity index is 189. The van der Waals surface area contributed by atoms with Gasteiger partial charge in [-0.15, -0.1) is 0 Å². The number of ether oxygens (including phenoxy) is 1. The monoisotopic (exact) mass is 249 g/mol. The quantitative estimate of drug-likeness (QED) is 0.527. The Morgan fingerprint density at radius 1 is 1.25 bits per heavy atom. The van der Waals surface area contributed by atoms with Crippen molar-refractivity contribution in [1.29, 1.82) is 0 Å². The van der Waals surface area contributed by atoms with E-state index in [1.54, 1.807) is 21.1 Å². The minimum atomic E-state index is -2.00. The van der Waals surface area contributed by atoms with Crippen molar-refractivity contribution in [3.63, 3.8) is 0 Å². The van der Waals surface area contributed by atoms with Crippen molar-refractivity contribution >= 4 is 14.7 Å². The first-order valence-electron chi connectivity index (χ1n) is 5.65. The summed E-state index contributed by atoms with van der Waals surface area (Å²) in [5, 5.41) is 2.68. The van der Waals surface area contributed by atoms with Crippen molar-refractivity contribution in [3.05, 3.63) is 0 Å².